The first-order chi connectivity index (χ1) is 15.0. The van der Waals surface area contributed by atoms with Crippen molar-refractivity contribution in [2.24, 2.45) is 0 Å². The number of nitrogens with one attached hydrogen (secondary N) is 1. The quantitative estimate of drug-likeness (QED) is 0.425. The molecule has 0 bridgehead atoms. The van der Waals surface area contributed by atoms with Crippen LogP contribution in [0, 0.1) is 0 Å². The number of carbonyl (C=O) groups is 1. The summed E-state index contributed by atoms with van der Waals surface area (Å²) < 4.78 is 2.89. The number of nitrogens with zero attached hydrogens (tertiary/aromatic N) is 3. The van der Waals surface area contributed by atoms with Crippen molar-refractivity contribution in [3.63, 3.8) is 0 Å². The van der Waals surface area contributed by atoms with E-state index in [-0.39, 0.29) is 5.91 Å². The van der Waals surface area contributed by atoms with Crippen molar-refractivity contribution in [2.75, 3.05) is 13.1 Å². The molecular formula is C22H21BrCl2N4OS. The third kappa shape index (κ3) is 4.18. The van der Waals surface area contributed by atoms with Gasteiger partial charge < -0.3 is 0 Å². The van der Waals surface area contributed by atoms with E-state index in [9.17, 15) is 4.79 Å². The van der Waals surface area contributed by atoms with Gasteiger partial charge in [-0.3, -0.25) is 10.2 Å². The molecule has 3 heterocycles. The van der Waals surface area contributed by atoms with Gasteiger partial charge in [0, 0.05) is 23.7 Å². The zero-order valence-electron chi connectivity index (χ0n) is 16.8. The van der Waals surface area contributed by atoms with Crippen LogP contribution in [0.5, 0.6) is 0 Å². The third-order valence-corrected chi connectivity index (χ3v) is 8.04. The monoisotopic (exact) mass is 538 g/mol. The van der Waals surface area contributed by atoms with Crippen molar-refractivity contribution in [1.82, 2.24) is 20.2 Å². The van der Waals surface area contributed by atoms with E-state index in [0.29, 0.717) is 15.7 Å². The number of amides is 1. The van der Waals surface area contributed by atoms with E-state index in [1.807, 2.05) is 15.8 Å². The molecular weight excluding hydrogens is 519 g/mol. The van der Waals surface area contributed by atoms with Gasteiger partial charge in [0.1, 0.15) is 0 Å². The number of hydrogen-bond donors (Lipinski definition) is 1. The van der Waals surface area contributed by atoms with Crippen LogP contribution in [0.4, 0.5) is 0 Å². The van der Waals surface area contributed by atoms with Gasteiger partial charge in [-0.1, -0.05) is 29.6 Å². The molecule has 2 aliphatic rings. The predicted molar refractivity (Wildman–Crippen MR) is 130 cm³/mol. The summed E-state index contributed by atoms with van der Waals surface area (Å²) in [5.74, 6) is -0.152. The number of thiophene rings is 1. The number of piperidine rings is 1. The second-order valence-corrected chi connectivity index (χ2v) is 11.2. The van der Waals surface area contributed by atoms with Gasteiger partial charge in [0.15, 0.2) is 5.69 Å². The number of fused-ring (bicyclic) bond motifs is 3. The lowest BCUT2D eigenvalue weighted by atomic mass is 10.1. The lowest BCUT2D eigenvalue weighted by Gasteiger charge is -2.26. The maximum atomic E-state index is 13.3. The molecule has 1 aromatic carbocycles. The molecule has 5 nitrogen and oxygen atoms in total. The Bertz CT molecular complexity index is 1150. The lowest BCUT2D eigenvalue weighted by Crippen LogP contribution is -2.45. The Balaban J connectivity index is 1.65. The second kappa shape index (κ2) is 8.87. The average molecular weight is 540 g/mol. The van der Waals surface area contributed by atoms with Gasteiger partial charge in [-0.05, 0) is 77.9 Å². The fraction of sp³-hybridized carbons (Fsp3) is 0.364. The Labute approximate surface area is 203 Å². The van der Waals surface area contributed by atoms with Crippen LogP contribution in [0.2, 0.25) is 10.0 Å². The summed E-state index contributed by atoms with van der Waals surface area (Å²) >= 11 is 18.0. The minimum atomic E-state index is -0.152. The molecule has 1 aliphatic heterocycles. The average Bonchev–Trinajstić information content (AvgIpc) is 3.24. The highest BCUT2D eigenvalue weighted by atomic mass is 79.9. The van der Waals surface area contributed by atoms with Crippen molar-refractivity contribution in [2.45, 2.75) is 38.5 Å². The van der Waals surface area contributed by atoms with E-state index in [1.165, 1.54) is 12.0 Å². The van der Waals surface area contributed by atoms with Crippen LogP contribution in [0.25, 0.3) is 16.3 Å². The summed E-state index contributed by atoms with van der Waals surface area (Å²) in [5, 5.41) is 7.89. The van der Waals surface area contributed by atoms with E-state index >= 15 is 0 Å². The Morgan fingerprint density at radius 1 is 1.10 bits per heavy atom. The Kier molecular flexibility index (Phi) is 6.14. The predicted octanol–water partition coefficient (Wildman–Crippen LogP) is 6.29. The standard InChI is InChI=1S/C22H21BrCl2N4OS/c23-18-11-13-5-4-6-15-19(22(30)27-28-9-2-1-3-10-28)26-29(20(15)21(13)31-18)17-8-7-14(24)12-16(17)25/h7-8,11-12H,1-6,9-10H2,(H,27,30). The van der Waals surface area contributed by atoms with Crippen LogP contribution in [-0.4, -0.2) is 33.8 Å². The molecule has 5 rings (SSSR count). The lowest BCUT2D eigenvalue weighted by molar-refractivity contribution is 0.0743. The smallest absolute Gasteiger partial charge is 0.283 e. The van der Waals surface area contributed by atoms with Crippen molar-refractivity contribution in [3.05, 3.63) is 54.9 Å². The number of halogens is 3. The maximum Gasteiger partial charge on any atom is 0.286 e. The number of aryl methyl sites for hydroxylation is 1. The number of benzene rings is 1. The van der Waals surface area contributed by atoms with Crippen molar-refractivity contribution in [3.8, 4) is 16.3 Å². The Morgan fingerprint density at radius 3 is 2.68 bits per heavy atom. The molecule has 3 aromatic rings. The minimum absolute atomic E-state index is 0.152. The molecule has 0 saturated carbocycles. The topological polar surface area (TPSA) is 50.2 Å². The number of rotatable bonds is 3. The van der Waals surface area contributed by atoms with Crippen LogP contribution in [0.1, 0.15) is 47.3 Å². The van der Waals surface area contributed by atoms with Crippen molar-refractivity contribution in [1.29, 1.82) is 0 Å². The first-order valence-electron chi connectivity index (χ1n) is 10.4. The zero-order valence-corrected chi connectivity index (χ0v) is 20.7. The molecule has 9 heteroatoms. The Morgan fingerprint density at radius 2 is 1.90 bits per heavy atom. The van der Waals surface area contributed by atoms with Gasteiger partial charge in [-0.25, -0.2) is 9.69 Å². The van der Waals surface area contributed by atoms with Crippen LogP contribution in [0.15, 0.2) is 28.1 Å². The summed E-state index contributed by atoms with van der Waals surface area (Å²) in [6.45, 7) is 1.75. The first-order valence-corrected chi connectivity index (χ1v) is 12.8. The number of aromatic nitrogens is 2. The molecule has 0 atom stereocenters. The zero-order chi connectivity index (χ0) is 21.5. The van der Waals surface area contributed by atoms with E-state index in [1.54, 1.807) is 23.5 Å². The number of hydrazine groups is 1. The van der Waals surface area contributed by atoms with Gasteiger partial charge >= 0.3 is 0 Å². The molecule has 2 aromatic heterocycles. The van der Waals surface area contributed by atoms with E-state index in [2.05, 4.69) is 27.4 Å². The minimum Gasteiger partial charge on any atom is -0.283 e. The van der Waals surface area contributed by atoms with Gasteiger partial charge in [0.25, 0.3) is 5.91 Å². The van der Waals surface area contributed by atoms with E-state index in [4.69, 9.17) is 28.3 Å². The highest BCUT2D eigenvalue weighted by Crippen LogP contribution is 2.43. The van der Waals surface area contributed by atoms with E-state index < -0.39 is 0 Å². The van der Waals surface area contributed by atoms with Gasteiger partial charge in [-0.2, -0.15) is 5.10 Å². The second-order valence-electron chi connectivity index (χ2n) is 7.93. The fourth-order valence-electron chi connectivity index (χ4n) is 4.37. The third-order valence-electron chi connectivity index (χ3n) is 5.82. The largest absolute Gasteiger partial charge is 0.286 e. The molecule has 31 heavy (non-hydrogen) atoms. The van der Waals surface area contributed by atoms with Gasteiger partial charge in [0.05, 0.1) is 25.1 Å². The SMILES string of the molecule is O=C(NN1CCCCC1)c1nn(-c2ccc(Cl)cc2Cl)c2c1CCCc1cc(Br)sc1-2. The van der Waals surface area contributed by atoms with Crippen molar-refractivity contribution < 1.29 is 4.79 Å². The summed E-state index contributed by atoms with van der Waals surface area (Å²) in [6.07, 6.45) is 6.13. The summed E-state index contributed by atoms with van der Waals surface area (Å²) in [5.41, 5.74) is 7.48. The van der Waals surface area contributed by atoms with Crippen molar-refractivity contribution >= 4 is 56.4 Å². The molecule has 1 aliphatic carbocycles. The summed E-state index contributed by atoms with van der Waals surface area (Å²) in [4.78, 5) is 14.4. The number of carbonyl (C=O) groups excluding carboxylic acids is 1. The molecule has 162 valence electrons. The molecule has 1 saturated heterocycles. The fourth-order valence-corrected chi connectivity index (χ4v) is 6.61. The van der Waals surface area contributed by atoms with Crippen LogP contribution >= 0.6 is 50.5 Å². The Hall–Kier alpha value is -1.38. The summed E-state index contributed by atoms with van der Waals surface area (Å²) in [7, 11) is 0. The van der Waals surface area contributed by atoms with E-state index in [0.717, 1.165) is 70.8 Å². The van der Waals surface area contributed by atoms with Crippen LogP contribution in [0.3, 0.4) is 0 Å². The maximum absolute atomic E-state index is 13.3. The highest BCUT2D eigenvalue weighted by molar-refractivity contribution is 9.11. The van der Waals surface area contributed by atoms with Crippen LogP contribution in [-0.2, 0) is 12.8 Å². The molecule has 0 spiro atoms. The molecule has 0 unspecified atom stereocenters. The molecule has 1 fully saturated rings. The van der Waals surface area contributed by atoms with Gasteiger partial charge in [-0.15, -0.1) is 11.3 Å². The molecule has 1 N–H and O–H groups in total. The normalized spacial score (nSPS) is 16.5. The summed E-state index contributed by atoms with van der Waals surface area (Å²) in [6, 6.07) is 7.54. The highest BCUT2D eigenvalue weighted by Gasteiger charge is 2.30. The van der Waals surface area contributed by atoms with Crippen LogP contribution < -0.4 is 5.43 Å². The van der Waals surface area contributed by atoms with Gasteiger partial charge in [0.2, 0.25) is 0 Å². The molecule has 1 amide bonds. The molecule has 0 radical (unpaired) electrons. The number of hydrogen-bond acceptors (Lipinski definition) is 4. The first kappa shape index (κ1) is 21.5.